The van der Waals surface area contributed by atoms with Crippen LogP contribution in [-0.4, -0.2) is 80.7 Å². The number of ketones is 1. The molecule has 1 amide bonds. The third-order valence-corrected chi connectivity index (χ3v) is 7.28. The summed E-state index contributed by atoms with van der Waals surface area (Å²) in [5.74, 6) is 0.348. The van der Waals surface area contributed by atoms with E-state index >= 15 is 0 Å². The third kappa shape index (κ3) is 5.03. The van der Waals surface area contributed by atoms with Crippen LogP contribution in [0.1, 0.15) is 43.0 Å². The molecular formula is C29H36N2O7. The summed E-state index contributed by atoms with van der Waals surface area (Å²) in [7, 11) is 4.52. The largest absolute Gasteiger partial charge is 0.507 e. The molecule has 1 fully saturated rings. The second-order valence-corrected chi connectivity index (χ2v) is 9.25. The summed E-state index contributed by atoms with van der Waals surface area (Å²) < 4.78 is 22.3. The number of ether oxygens (including phenoxy) is 4. The maximum absolute atomic E-state index is 13.5. The van der Waals surface area contributed by atoms with Gasteiger partial charge in [0.1, 0.15) is 11.5 Å². The van der Waals surface area contributed by atoms with Gasteiger partial charge in [-0.05, 0) is 67.4 Å². The highest BCUT2D eigenvalue weighted by Gasteiger charge is 2.46. The first-order chi connectivity index (χ1) is 18.4. The third-order valence-electron chi connectivity index (χ3n) is 7.28. The molecule has 9 nitrogen and oxygen atoms in total. The average molecular weight is 525 g/mol. The zero-order valence-electron chi connectivity index (χ0n) is 22.7. The molecule has 2 heterocycles. The number of aryl methyl sites for hydroxylation is 1. The number of benzene rings is 2. The topological polar surface area (TPSA) is 97.8 Å². The van der Waals surface area contributed by atoms with Crippen molar-refractivity contribution >= 4 is 17.4 Å². The molecule has 0 aromatic heterocycles. The van der Waals surface area contributed by atoms with Crippen LogP contribution in [0.5, 0.6) is 23.0 Å². The summed E-state index contributed by atoms with van der Waals surface area (Å²) in [6.45, 7) is 7.26. The molecule has 1 unspecified atom stereocenters. The number of aliphatic hydroxyl groups excluding tert-OH is 1. The predicted molar refractivity (Wildman–Crippen MR) is 143 cm³/mol. The van der Waals surface area contributed by atoms with E-state index in [2.05, 4.69) is 4.90 Å². The van der Waals surface area contributed by atoms with Gasteiger partial charge in [0.25, 0.3) is 11.7 Å². The number of nitrogens with zero attached hydrogens (tertiary/aromatic N) is 2. The molecule has 1 atom stereocenters. The molecule has 1 saturated heterocycles. The number of carbonyl (C=O) groups excluding carboxylic acids is 2. The van der Waals surface area contributed by atoms with Crippen LogP contribution in [0.25, 0.3) is 5.76 Å². The molecule has 2 aromatic rings. The van der Waals surface area contributed by atoms with Crippen molar-refractivity contribution in [3.8, 4) is 23.0 Å². The fourth-order valence-corrected chi connectivity index (χ4v) is 5.17. The first-order valence-corrected chi connectivity index (χ1v) is 12.9. The van der Waals surface area contributed by atoms with E-state index in [4.69, 9.17) is 18.9 Å². The van der Waals surface area contributed by atoms with Gasteiger partial charge in [-0.1, -0.05) is 13.8 Å². The molecule has 2 aromatic carbocycles. The van der Waals surface area contributed by atoms with Crippen LogP contribution in [-0.2, 0) is 16.0 Å². The highest BCUT2D eigenvalue weighted by atomic mass is 16.5. The minimum absolute atomic E-state index is 0.0282. The van der Waals surface area contributed by atoms with Crippen LogP contribution in [0.3, 0.4) is 0 Å². The van der Waals surface area contributed by atoms with Gasteiger partial charge in [0.2, 0.25) is 5.75 Å². The molecule has 2 aliphatic rings. The molecule has 204 valence electrons. The van der Waals surface area contributed by atoms with Crippen molar-refractivity contribution in [2.45, 2.75) is 32.7 Å². The van der Waals surface area contributed by atoms with Crippen molar-refractivity contribution in [2.75, 3.05) is 54.1 Å². The van der Waals surface area contributed by atoms with Crippen LogP contribution in [0.15, 0.2) is 35.9 Å². The van der Waals surface area contributed by atoms with Crippen LogP contribution in [0, 0.1) is 0 Å². The fourth-order valence-electron chi connectivity index (χ4n) is 5.17. The number of hydrogen-bond acceptors (Lipinski definition) is 8. The van der Waals surface area contributed by atoms with Gasteiger partial charge in [-0.15, -0.1) is 0 Å². The Kier molecular flexibility index (Phi) is 8.46. The number of likely N-dealkylation sites (tertiary alicyclic amines) is 1. The van der Waals surface area contributed by atoms with Crippen molar-refractivity contribution in [3.63, 3.8) is 0 Å². The second-order valence-electron chi connectivity index (χ2n) is 9.25. The Morgan fingerprint density at radius 1 is 1.05 bits per heavy atom. The Balaban J connectivity index is 1.88. The Labute approximate surface area is 223 Å². The van der Waals surface area contributed by atoms with Crippen LogP contribution in [0.4, 0.5) is 0 Å². The second kappa shape index (κ2) is 11.8. The van der Waals surface area contributed by atoms with Gasteiger partial charge in [0.05, 0.1) is 39.6 Å². The maximum Gasteiger partial charge on any atom is 0.295 e. The summed E-state index contributed by atoms with van der Waals surface area (Å²) >= 11 is 0. The summed E-state index contributed by atoms with van der Waals surface area (Å²) in [5, 5.41) is 11.5. The zero-order valence-corrected chi connectivity index (χ0v) is 22.7. The van der Waals surface area contributed by atoms with Gasteiger partial charge < -0.3 is 33.9 Å². The number of rotatable bonds is 10. The molecule has 2 aliphatic heterocycles. The number of likely N-dealkylation sites (N-methyl/N-ethyl adjacent to an activating group) is 1. The number of Topliss-reactive ketones (excluding diaryl/α,β-unsaturated/α-hetero) is 1. The molecule has 0 bridgehead atoms. The number of methoxy groups -OCH3 is 3. The van der Waals surface area contributed by atoms with Crippen molar-refractivity contribution in [1.29, 1.82) is 0 Å². The normalized spacial score (nSPS) is 18.4. The monoisotopic (exact) mass is 524 g/mol. The smallest absolute Gasteiger partial charge is 0.295 e. The summed E-state index contributed by atoms with van der Waals surface area (Å²) in [6, 6.07) is 7.95. The maximum atomic E-state index is 13.5. The molecular weight excluding hydrogens is 488 g/mol. The summed E-state index contributed by atoms with van der Waals surface area (Å²) in [4.78, 5) is 30.6. The van der Waals surface area contributed by atoms with E-state index in [9.17, 15) is 14.7 Å². The number of hydrogen-bond donors (Lipinski definition) is 1. The SMILES string of the molecule is CCN(CC)CCN1C(=O)C(=O)/C(=C(/O)c2ccc3c(c2)CCCO3)C1c1cc(OC)c(OC)c(OC)c1. The van der Waals surface area contributed by atoms with E-state index in [0.29, 0.717) is 48.1 Å². The van der Waals surface area contributed by atoms with E-state index in [0.717, 1.165) is 37.2 Å². The van der Waals surface area contributed by atoms with Gasteiger partial charge in [0.15, 0.2) is 11.5 Å². The van der Waals surface area contributed by atoms with Gasteiger partial charge in [-0.3, -0.25) is 9.59 Å². The predicted octanol–water partition coefficient (Wildman–Crippen LogP) is 3.80. The Bertz CT molecular complexity index is 1210. The van der Waals surface area contributed by atoms with E-state index in [-0.39, 0.29) is 11.3 Å². The Morgan fingerprint density at radius 3 is 2.34 bits per heavy atom. The molecule has 1 N–H and O–H groups in total. The lowest BCUT2D eigenvalue weighted by atomic mass is 9.93. The molecule has 9 heteroatoms. The number of aliphatic hydroxyl groups is 1. The van der Waals surface area contributed by atoms with Crippen molar-refractivity contribution in [3.05, 3.63) is 52.6 Å². The highest BCUT2D eigenvalue weighted by molar-refractivity contribution is 6.46. The zero-order chi connectivity index (χ0) is 27.4. The Morgan fingerprint density at radius 2 is 1.74 bits per heavy atom. The van der Waals surface area contributed by atoms with E-state index < -0.39 is 17.7 Å². The molecule has 0 saturated carbocycles. The number of fused-ring (bicyclic) bond motifs is 1. The minimum atomic E-state index is -0.841. The minimum Gasteiger partial charge on any atom is -0.507 e. The lowest BCUT2D eigenvalue weighted by molar-refractivity contribution is -0.140. The van der Waals surface area contributed by atoms with Crippen molar-refractivity contribution in [2.24, 2.45) is 0 Å². The van der Waals surface area contributed by atoms with Crippen molar-refractivity contribution in [1.82, 2.24) is 9.80 Å². The van der Waals surface area contributed by atoms with Gasteiger partial charge in [-0.2, -0.15) is 0 Å². The summed E-state index contributed by atoms with van der Waals surface area (Å²) in [6.07, 6.45) is 1.68. The first-order valence-electron chi connectivity index (χ1n) is 12.9. The number of carbonyl (C=O) groups is 2. The standard InChI is InChI=1S/C29H36N2O7/c1-6-30(7-2)12-13-31-25(20-16-22(35-3)28(37-5)23(17-20)36-4)24(27(33)29(31)34)26(32)19-10-11-21-18(15-19)9-8-14-38-21/h10-11,15-17,25,32H,6-9,12-14H2,1-5H3/b26-24+. The lowest BCUT2D eigenvalue weighted by Crippen LogP contribution is -2.38. The van der Waals surface area contributed by atoms with Crippen LogP contribution >= 0.6 is 0 Å². The molecule has 0 spiro atoms. The quantitative estimate of drug-likeness (QED) is 0.285. The summed E-state index contributed by atoms with van der Waals surface area (Å²) in [5.41, 5.74) is 2.02. The van der Waals surface area contributed by atoms with Gasteiger partial charge >= 0.3 is 0 Å². The molecule has 0 radical (unpaired) electrons. The number of amides is 1. The van der Waals surface area contributed by atoms with Gasteiger partial charge in [-0.25, -0.2) is 0 Å². The Hall–Kier alpha value is -3.72. The van der Waals surface area contributed by atoms with Crippen LogP contribution < -0.4 is 18.9 Å². The average Bonchev–Trinajstić information content (AvgIpc) is 3.21. The molecule has 38 heavy (non-hydrogen) atoms. The van der Waals surface area contributed by atoms with Gasteiger partial charge in [0, 0.05) is 18.7 Å². The van der Waals surface area contributed by atoms with Crippen molar-refractivity contribution < 1.29 is 33.6 Å². The van der Waals surface area contributed by atoms with E-state index in [1.807, 2.05) is 19.9 Å². The highest BCUT2D eigenvalue weighted by Crippen LogP contribution is 2.46. The lowest BCUT2D eigenvalue weighted by Gasteiger charge is -2.29. The van der Waals surface area contributed by atoms with E-state index in [1.54, 1.807) is 24.3 Å². The van der Waals surface area contributed by atoms with E-state index in [1.165, 1.54) is 26.2 Å². The first kappa shape index (κ1) is 27.3. The van der Waals surface area contributed by atoms with Crippen LogP contribution in [0.2, 0.25) is 0 Å². The fraction of sp³-hybridized carbons (Fsp3) is 0.448. The molecule has 4 rings (SSSR count). The molecule has 0 aliphatic carbocycles.